The molecule has 1 aliphatic heterocycles. The van der Waals surface area contributed by atoms with Crippen molar-refractivity contribution >= 4 is 50.6 Å². The summed E-state index contributed by atoms with van der Waals surface area (Å²) in [5.74, 6) is -0.508. The number of amides is 2. The average Bonchev–Trinajstić information content (AvgIpc) is 3.04. The van der Waals surface area contributed by atoms with Crippen LogP contribution in [0.5, 0.6) is 5.75 Å². The molecule has 1 aliphatic rings. The number of nitrogens with zero attached hydrogens (tertiary/aromatic N) is 2. The molecule has 0 fully saturated rings. The van der Waals surface area contributed by atoms with Gasteiger partial charge in [0.25, 0.3) is 21.8 Å². The number of carbonyl (C=O) groups is 2. The maximum atomic E-state index is 12.9. The second-order valence-electron chi connectivity index (χ2n) is 7.03. The third kappa shape index (κ3) is 4.73. The predicted octanol–water partition coefficient (Wildman–Crippen LogP) is 3.72. The molecule has 2 N–H and O–H groups in total. The first kappa shape index (κ1) is 23.3. The summed E-state index contributed by atoms with van der Waals surface area (Å²) >= 11 is 6.16. The number of hydrogen-bond acceptors (Lipinski definition) is 7. The van der Waals surface area contributed by atoms with Crippen molar-refractivity contribution in [3.63, 3.8) is 0 Å². The quantitative estimate of drug-likeness (QED) is 0.454. The van der Waals surface area contributed by atoms with Crippen LogP contribution in [0.3, 0.4) is 0 Å². The summed E-state index contributed by atoms with van der Waals surface area (Å²) in [5.41, 5.74) is 0.609. The number of pyridine rings is 1. The first-order valence-corrected chi connectivity index (χ1v) is 12.0. The highest BCUT2D eigenvalue weighted by Crippen LogP contribution is 2.31. The van der Waals surface area contributed by atoms with E-state index in [1.54, 1.807) is 36.4 Å². The van der Waals surface area contributed by atoms with Crippen molar-refractivity contribution in [1.29, 1.82) is 0 Å². The lowest BCUT2D eigenvalue weighted by molar-refractivity contribution is -0.120. The van der Waals surface area contributed by atoms with Crippen molar-refractivity contribution in [1.82, 2.24) is 4.98 Å². The number of anilines is 3. The van der Waals surface area contributed by atoms with E-state index in [9.17, 15) is 18.0 Å². The van der Waals surface area contributed by atoms with Gasteiger partial charge in [-0.25, -0.2) is 18.3 Å². The maximum Gasteiger partial charge on any atom is 0.283 e. The minimum Gasteiger partial charge on any atom is -0.494 e. The minimum absolute atomic E-state index is 0.00591. The summed E-state index contributed by atoms with van der Waals surface area (Å²) in [7, 11) is -3.86. The lowest BCUT2D eigenvalue weighted by atomic mass is 10.2. The molecule has 2 aromatic carbocycles. The van der Waals surface area contributed by atoms with Crippen LogP contribution in [-0.2, 0) is 19.6 Å². The highest BCUT2D eigenvalue weighted by Gasteiger charge is 2.39. The summed E-state index contributed by atoms with van der Waals surface area (Å²) in [6, 6.07) is 17.0. The number of hydrogen-bond donors (Lipinski definition) is 2. The Hall–Kier alpha value is -3.89. The summed E-state index contributed by atoms with van der Waals surface area (Å²) < 4.78 is 32.9. The molecule has 4 rings (SSSR count). The molecule has 2 amide bonds. The van der Waals surface area contributed by atoms with Gasteiger partial charge in [-0.2, -0.15) is 0 Å². The maximum absolute atomic E-state index is 12.9. The molecule has 174 valence electrons. The topological polar surface area (TPSA) is 118 Å². The van der Waals surface area contributed by atoms with E-state index in [0.717, 1.165) is 4.90 Å². The van der Waals surface area contributed by atoms with Crippen LogP contribution in [0.15, 0.2) is 88.6 Å². The van der Waals surface area contributed by atoms with Gasteiger partial charge in [-0.05, 0) is 67.6 Å². The molecule has 11 heteroatoms. The largest absolute Gasteiger partial charge is 0.494 e. The molecule has 34 heavy (non-hydrogen) atoms. The van der Waals surface area contributed by atoms with Crippen molar-refractivity contribution in [3.05, 3.63) is 83.7 Å². The molecule has 0 bridgehead atoms. The zero-order chi connectivity index (χ0) is 24.3. The Labute approximate surface area is 201 Å². The van der Waals surface area contributed by atoms with Gasteiger partial charge in [-0.1, -0.05) is 17.7 Å². The number of halogens is 1. The van der Waals surface area contributed by atoms with Crippen molar-refractivity contribution in [2.75, 3.05) is 21.5 Å². The van der Waals surface area contributed by atoms with Gasteiger partial charge in [-0.3, -0.25) is 14.3 Å². The van der Waals surface area contributed by atoms with Gasteiger partial charge >= 0.3 is 0 Å². The number of carbonyl (C=O) groups excluding carboxylic acids is 2. The Balaban J connectivity index is 1.50. The molecule has 0 saturated heterocycles. The highest BCUT2D eigenvalue weighted by atomic mass is 35.5. The van der Waals surface area contributed by atoms with Crippen LogP contribution in [0, 0.1) is 0 Å². The number of benzene rings is 2. The summed E-state index contributed by atoms with van der Waals surface area (Å²) in [5, 5.41) is 2.54. The van der Waals surface area contributed by atoms with Crippen LogP contribution in [0.25, 0.3) is 0 Å². The van der Waals surface area contributed by atoms with E-state index in [1.807, 2.05) is 6.92 Å². The Morgan fingerprint density at radius 3 is 2.29 bits per heavy atom. The monoisotopic (exact) mass is 498 g/mol. The summed E-state index contributed by atoms with van der Waals surface area (Å²) in [6.07, 6.45) is 1.47. The van der Waals surface area contributed by atoms with Crippen LogP contribution in [0.4, 0.5) is 17.2 Å². The molecular formula is C23H19ClN4O5S. The van der Waals surface area contributed by atoms with E-state index in [1.165, 1.54) is 36.5 Å². The van der Waals surface area contributed by atoms with Gasteiger partial charge in [0.2, 0.25) is 0 Å². The molecule has 0 unspecified atom stereocenters. The van der Waals surface area contributed by atoms with Crippen LogP contribution in [-0.4, -0.2) is 31.8 Å². The van der Waals surface area contributed by atoms with Gasteiger partial charge in [0.15, 0.2) is 0 Å². The minimum atomic E-state index is -3.86. The summed E-state index contributed by atoms with van der Waals surface area (Å²) in [4.78, 5) is 30.5. The Kier molecular flexibility index (Phi) is 6.53. The van der Waals surface area contributed by atoms with Crippen LogP contribution in [0.1, 0.15) is 6.92 Å². The van der Waals surface area contributed by atoms with Gasteiger partial charge < -0.3 is 10.1 Å². The summed E-state index contributed by atoms with van der Waals surface area (Å²) in [6.45, 7) is 2.34. The number of aromatic nitrogens is 1. The van der Waals surface area contributed by atoms with E-state index in [4.69, 9.17) is 16.3 Å². The van der Waals surface area contributed by atoms with Gasteiger partial charge in [-0.15, -0.1) is 0 Å². The molecule has 0 saturated carbocycles. The molecule has 0 aliphatic carbocycles. The fourth-order valence-electron chi connectivity index (χ4n) is 3.19. The standard InChI is InChI=1S/C23H19ClN4O5S/c1-2-33-17-10-8-16(9-11-17)28-22(29)20(24)21(23(28)30)26-15-6-12-18(13-7-15)34(31,32)27-19-5-3-4-14-25-19/h3-14,26H,2H2,1H3,(H,25,27). The molecule has 1 aromatic heterocycles. The third-order valence-corrected chi connectivity index (χ3v) is 6.49. The Bertz CT molecular complexity index is 1360. The number of nitrogens with one attached hydrogen (secondary N) is 2. The number of rotatable bonds is 8. The fourth-order valence-corrected chi connectivity index (χ4v) is 4.41. The first-order chi connectivity index (χ1) is 16.3. The van der Waals surface area contributed by atoms with Crippen molar-refractivity contribution in [2.24, 2.45) is 0 Å². The normalized spacial score (nSPS) is 13.9. The number of ether oxygens (including phenoxy) is 1. The van der Waals surface area contributed by atoms with Crippen LogP contribution < -0.4 is 19.7 Å². The molecule has 0 spiro atoms. The molecule has 0 radical (unpaired) electrons. The molecule has 0 atom stereocenters. The first-order valence-electron chi connectivity index (χ1n) is 10.1. The highest BCUT2D eigenvalue weighted by molar-refractivity contribution is 7.92. The van der Waals surface area contributed by atoms with E-state index in [2.05, 4.69) is 15.0 Å². The van der Waals surface area contributed by atoms with Crippen molar-refractivity contribution in [2.45, 2.75) is 11.8 Å². The van der Waals surface area contributed by atoms with Crippen molar-refractivity contribution in [3.8, 4) is 5.75 Å². The Morgan fingerprint density at radius 1 is 0.971 bits per heavy atom. The lowest BCUT2D eigenvalue weighted by Gasteiger charge is -2.15. The second kappa shape index (κ2) is 9.54. The van der Waals surface area contributed by atoms with Crippen LogP contribution >= 0.6 is 11.6 Å². The molecule has 3 aromatic rings. The third-order valence-electron chi connectivity index (χ3n) is 4.77. The number of sulfonamides is 1. The van der Waals surface area contributed by atoms with E-state index in [0.29, 0.717) is 23.7 Å². The SMILES string of the molecule is CCOc1ccc(N2C(=O)C(Cl)=C(Nc3ccc(S(=O)(=O)Nc4ccccn4)cc3)C2=O)cc1. The van der Waals surface area contributed by atoms with E-state index >= 15 is 0 Å². The average molecular weight is 499 g/mol. The fraction of sp³-hybridized carbons (Fsp3) is 0.0870. The van der Waals surface area contributed by atoms with Gasteiger partial charge in [0, 0.05) is 11.9 Å². The smallest absolute Gasteiger partial charge is 0.283 e. The number of imide groups is 1. The van der Waals surface area contributed by atoms with Gasteiger partial charge in [0.1, 0.15) is 22.3 Å². The van der Waals surface area contributed by atoms with Crippen LogP contribution in [0.2, 0.25) is 0 Å². The molecule has 2 heterocycles. The zero-order valence-corrected chi connectivity index (χ0v) is 19.4. The van der Waals surface area contributed by atoms with E-state index < -0.39 is 21.8 Å². The Morgan fingerprint density at radius 2 is 1.68 bits per heavy atom. The zero-order valence-electron chi connectivity index (χ0n) is 17.9. The van der Waals surface area contributed by atoms with E-state index in [-0.39, 0.29) is 21.4 Å². The lowest BCUT2D eigenvalue weighted by Crippen LogP contribution is -2.32. The molecular weight excluding hydrogens is 480 g/mol. The second-order valence-corrected chi connectivity index (χ2v) is 9.09. The molecule has 9 nitrogen and oxygen atoms in total. The van der Waals surface area contributed by atoms with Crippen molar-refractivity contribution < 1.29 is 22.7 Å². The predicted molar refractivity (Wildman–Crippen MR) is 128 cm³/mol. The van der Waals surface area contributed by atoms with Gasteiger partial charge in [0.05, 0.1) is 17.2 Å².